The van der Waals surface area contributed by atoms with Crippen molar-refractivity contribution in [2.75, 3.05) is 0 Å². The molecule has 6 aromatic heterocycles. The van der Waals surface area contributed by atoms with E-state index in [0.717, 1.165) is 77.3 Å². The predicted octanol–water partition coefficient (Wildman–Crippen LogP) is 11.6. The van der Waals surface area contributed by atoms with Crippen molar-refractivity contribution in [1.82, 2.24) is 53.4 Å². The molecule has 0 aliphatic carbocycles. The maximum Gasteiger partial charge on any atom is 0.241 e. The van der Waals surface area contributed by atoms with Crippen molar-refractivity contribution in [2.45, 2.75) is 0 Å². The second-order valence-corrected chi connectivity index (χ2v) is 15.7. The van der Waals surface area contributed by atoms with E-state index in [9.17, 15) is 0 Å². The molecule has 0 aliphatic rings. The Labute approximate surface area is 370 Å². The summed E-state index contributed by atoms with van der Waals surface area (Å²) in [7, 11) is 0. The molecule has 0 spiro atoms. The molecule has 0 saturated carbocycles. The molecule has 0 N–H and O–H groups in total. The van der Waals surface area contributed by atoms with Crippen molar-refractivity contribution in [1.29, 1.82) is 0 Å². The van der Waals surface area contributed by atoms with E-state index < -0.39 is 0 Å². The quantitative estimate of drug-likeness (QED) is 0.156. The molecule has 65 heavy (non-hydrogen) atoms. The molecule has 6 heterocycles. The van der Waals surface area contributed by atoms with Crippen LogP contribution in [0.15, 0.2) is 200 Å². The van der Waals surface area contributed by atoms with Gasteiger partial charge in [-0.3, -0.25) is 14.0 Å². The molecule has 0 fully saturated rings. The maximum absolute atomic E-state index is 5.28. The summed E-state index contributed by atoms with van der Waals surface area (Å²) in [6, 6.07) is 63.2. The summed E-state index contributed by atoms with van der Waals surface area (Å²) < 4.78 is 6.42. The van der Waals surface area contributed by atoms with Gasteiger partial charge in [-0.1, -0.05) is 158 Å². The highest BCUT2D eigenvalue weighted by atomic mass is 15.3. The van der Waals surface area contributed by atoms with E-state index in [4.69, 9.17) is 34.9 Å². The van der Waals surface area contributed by atoms with Gasteiger partial charge >= 0.3 is 0 Å². The van der Waals surface area contributed by atoms with Crippen LogP contribution < -0.4 is 0 Å². The van der Waals surface area contributed by atoms with Crippen molar-refractivity contribution >= 4 is 49.7 Å². The average molecular weight is 836 g/mol. The summed E-state index contributed by atoms with van der Waals surface area (Å²) in [6.07, 6.45) is 3.75. The summed E-state index contributed by atoms with van der Waals surface area (Å²) in [6.45, 7) is 0. The van der Waals surface area contributed by atoms with Crippen LogP contribution in [-0.4, -0.2) is 53.4 Å². The lowest BCUT2D eigenvalue weighted by atomic mass is 9.98. The highest BCUT2D eigenvalue weighted by Gasteiger charge is 2.26. The zero-order valence-corrected chi connectivity index (χ0v) is 34.5. The molecule has 0 bridgehead atoms. The van der Waals surface area contributed by atoms with Gasteiger partial charge in [0.2, 0.25) is 17.7 Å². The van der Waals surface area contributed by atoms with Crippen LogP contribution in [0.25, 0.3) is 118 Å². The van der Waals surface area contributed by atoms with Gasteiger partial charge < -0.3 is 0 Å². The minimum absolute atomic E-state index is 0.461. The number of rotatable bonds is 7. The predicted molar refractivity (Wildman–Crippen MR) is 256 cm³/mol. The lowest BCUT2D eigenvalue weighted by Crippen LogP contribution is -2.07. The Morgan fingerprint density at radius 1 is 0.338 bits per heavy atom. The Morgan fingerprint density at radius 2 is 0.815 bits per heavy atom. The van der Waals surface area contributed by atoms with Crippen LogP contribution >= 0.6 is 0 Å². The van der Waals surface area contributed by atoms with Gasteiger partial charge in [0.25, 0.3) is 0 Å². The highest BCUT2D eigenvalue weighted by molar-refractivity contribution is 6.17. The second kappa shape index (κ2) is 14.7. The molecule has 13 rings (SSSR count). The molecule has 0 unspecified atom stereocenters. The number of imidazole rings is 2. The third kappa shape index (κ3) is 5.90. The van der Waals surface area contributed by atoms with Crippen LogP contribution in [0.3, 0.4) is 0 Å². The average Bonchev–Trinajstić information content (AvgIpc) is 4.04. The fraction of sp³-hybridized carbons (Fsp3) is 0. The highest BCUT2D eigenvalue weighted by Crippen LogP contribution is 2.42. The van der Waals surface area contributed by atoms with Gasteiger partial charge in [-0.05, 0) is 35.9 Å². The van der Waals surface area contributed by atoms with Gasteiger partial charge in [-0.25, -0.2) is 19.5 Å². The molecule has 11 heteroatoms. The fourth-order valence-corrected chi connectivity index (χ4v) is 9.00. The SMILES string of the molecule is c1ccc(-c2nc(-c3ccccc3)nc(-n3c4ccncc4c4c(-c5cccc6c5n5c7ccccc7nc5n6-c5nc(-c6ccccc6)nc(-c6ccccc6)n5)cccc43)n2)cc1. The van der Waals surface area contributed by atoms with Crippen molar-refractivity contribution in [2.24, 2.45) is 0 Å². The van der Waals surface area contributed by atoms with Crippen LogP contribution in [0, 0.1) is 0 Å². The lowest BCUT2D eigenvalue weighted by Gasteiger charge is -2.12. The number of fused-ring (bicyclic) bond motifs is 8. The number of pyridine rings is 1. The Morgan fingerprint density at radius 3 is 1.38 bits per heavy atom. The van der Waals surface area contributed by atoms with Crippen LogP contribution in [0.4, 0.5) is 0 Å². The zero-order valence-electron chi connectivity index (χ0n) is 34.5. The Balaban J connectivity index is 1.10. The van der Waals surface area contributed by atoms with Gasteiger partial charge in [-0.15, -0.1) is 0 Å². The minimum Gasteiger partial charge on any atom is -0.278 e. The molecule has 0 amide bonds. The van der Waals surface area contributed by atoms with Gasteiger partial charge in [0.05, 0.1) is 33.1 Å². The van der Waals surface area contributed by atoms with Crippen molar-refractivity contribution in [3.05, 3.63) is 200 Å². The number of hydrogen-bond acceptors (Lipinski definition) is 8. The molecule has 304 valence electrons. The van der Waals surface area contributed by atoms with Crippen LogP contribution in [-0.2, 0) is 0 Å². The van der Waals surface area contributed by atoms with Crippen LogP contribution in [0.1, 0.15) is 0 Å². The molecule has 0 saturated heterocycles. The number of nitrogens with zero attached hydrogens (tertiary/aromatic N) is 11. The van der Waals surface area contributed by atoms with Gasteiger partial charge in [0, 0.05) is 51.0 Å². The van der Waals surface area contributed by atoms with Crippen molar-refractivity contribution in [3.8, 4) is 68.6 Å². The summed E-state index contributed by atoms with van der Waals surface area (Å²) in [5, 5.41) is 1.97. The summed E-state index contributed by atoms with van der Waals surface area (Å²) in [5.74, 6) is 3.95. The van der Waals surface area contributed by atoms with Gasteiger partial charge in [0.1, 0.15) is 0 Å². The lowest BCUT2D eigenvalue weighted by molar-refractivity contribution is 0.937. The van der Waals surface area contributed by atoms with E-state index in [1.807, 2.05) is 158 Å². The smallest absolute Gasteiger partial charge is 0.241 e. The second-order valence-electron chi connectivity index (χ2n) is 15.7. The molecule has 13 aromatic rings. The van der Waals surface area contributed by atoms with E-state index in [0.29, 0.717) is 41.0 Å². The van der Waals surface area contributed by atoms with Crippen molar-refractivity contribution in [3.63, 3.8) is 0 Å². The number of hydrogen-bond donors (Lipinski definition) is 0. The van der Waals surface area contributed by atoms with Crippen LogP contribution in [0.5, 0.6) is 0 Å². The van der Waals surface area contributed by atoms with E-state index in [2.05, 4.69) is 61.0 Å². The summed E-state index contributed by atoms with van der Waals surface area (Å²) in [5.41, 5.74) is 11.1. The molecular weight excluding hydrogens is 803 g/mol. The first kappa shape index (κ1) is 36.4. The fourth-order valence-electron chi connectivity index (χ4n) is 9.00. The Hall–Kier alpha value is -9.22. The topological polar surface area (TPSA) is 117 Å². The first-order chi connectivity index (χ1) is 32.2. The largest absolute Gasteiger partial charge is 0.278 e. The molecule has 0 atom stereocenters. The van der Waals surface area contributed by atoms with Gasteiger partial charge in [0.15, 0.2) is 23.3 Å². The normalized spacial score (nSPS) is 11.7. The number of para-hydroxylation sites is 3. The van der Waals surface area contributed by atoms with E-state index >= 15 is 0 Å². The van der Waals surface area contributed by atoms with Crippen molar-refractivity contribution < 1.29 is 0 Å². The summed E-state index contributed by atoms with van der Waals surface area (Å²) >= 11 is 0. The summed E-state index contributed by atoms with van der Waals surface area (Å²) in [4.78, 5) is 40.7. The van der Waals surface area contributed by atoms with E-state index in [-0.39, 0.29) is 0 Å². The Kier molecular flexibility index (Phi) is 8.25. The molecule has 7 aromatic carbocycles. The zero-order chi connectivity index (χ0) is 42.8. The molecule has 0 aliphatic heterocycles. The third-order valence-corrected chi connectivity index (χ3v) is 11.9. The standard InChI is InChI=1S/C54H33N11/c1-5-17-34(18-6-1)48-57-49(35-19-7-2-8-20-35)60-52(59-48)63-42-31-32-55-33-40(42)46-38(25-15-29-44(46)63)39-26-16-30-45-47(39)64-43-28-14-13-27-41(43)56-54(64)65(45)53-61-50(36-21-9-3-10-22-36)58-51(62-53)37-23-11-4-12-24-37/h1-33H. The minimum atomic E-state index is 0.461. The number of benzene rings is 7. The first-order valence-corrected chi connectivity index (χ1v) is 21.3. The van der Waals surface area contributed by atoms with E-state index in [1.54, 1.807) is 0 Å². The third-order valence-electron chi connectivity index (χ3n) is 11.9. The molecule has 0 radical (unpaired) electrons. The maximum atomic E-state index is 5.28. The first-order valence-electron chi connectivity index (χ1n) is 21.3. The van der Waals surface area contributed by atoms with Gasteiger partial charge in [-0.2, -0.15) is 19.9 Å². The number of aromatic nitrogens is 11. The molecular formula is C54H33N11. The monoisotopic (exact) mass is 835 g/mol. The van der Waals surface area contributed by atoms with Crippen LogP contribution in [0.2, 0.25) is 0 Å². The molecule has 11 nitrogen and oxygen atoms in total. The van der Waals surface area contributed by atoms with E-state index in [1.165, 1.54) is 0 Å². The Bertz CT molecular complexity index is 3820.